The van der Waals surface area contributed by atoms with E-state index in [-0.39, 0.29) is 32.5 Å². The zero-order valence-corrected chi connectivity index (χ0v) is 13.4. The van der Waals surface area contributed by atoms with Crippen molar-refractivity contribution in [2.24, 2.45) is 11.1 Å². The number of rotatable bonds is 2. The standard InChI is InChI=1S/C13H14Cl2N2O3S/c14-8-4-10(12(15)11(5-8)21(16,19)20)13(18)17-6-7-1-2-9(17)3-7/h4-5,7,9H,1-3,6H2,(H2,16,19,20). The Kier molecular flexibility index (Phi) is 3.68. The van der Waals surface area contributed by atoms with Crippen molar-refractivity contribution < 1.29 is 13.2 Å². The first-order valence-electron chi connectivity index (χ1n) is 6.60. The zero-order valence-electron chi connectivity index (χ0n) is 11.1. The molecule has 1 aliphatic heterocycles. The highest BCUT2D eigenvalue weighted by atomic mass is 35.5. The van der Waals surface area contributed by atoms with Crippen LogP contribution in [0.25, 0.3) is 0 Å². The summed E-state index contributed by atoms with van der Waals surface area (Å²) in [6.07, 6.45) is 3.13. The summed E-state index contributed by atoms with van der Waals surface area (Å²) in [4.78, 5) is 14.1. The minimum absolute atomic E-state index is 0.0979. The Bertz CT molecular complexity index is 720. The fourth-order valence-electron chi connectivity index (χ4n) is 3.26. The third-order valence-electron chi connectivity index (χ3n) is 4.21. The van der Waals surface area contributed by atoms with Gasteiger partial charge < -0.3 is 4.90 Å². The molecule has 0 spiro atoms. The van der Waals surface area contributed by atoms with Crippen molar-refractivity contribution in [3.05, 3.63) is 27.7 Å². The van der Waals surface area contributed by atoms with Gasteiger partial charge in [-0.15, -0.1) is 0 Å². The molecule has 2 aliphatic rings. The van der Waals surface area contributed by atoms with Crippen LogP contribution in [0.5, 0.6) is 0 Å². The number of likely N-dealkylation sites (tertiary alicyclic amines) is 1. The third kappa shape index (κ3) is 2.65. The van der Waals surface area contributed by atoms with Crippen LogP contribution in [0, 0.1) is 5.92 Å². The number of piperidine rings is 1. The molecule has 1 aromatic rings. The number of hydrogen-bond donors (Lipinski definition) is 1. The molecule has 1 saturated carbocycles. The van der Waals surface area contributed by atoms with Crippen LogP contribution < -0.4 is 5.14 Å². The molecule has 5 nitrogen and oxygen atoms in total. The molecule has 0 aromatic heterocycles. The Morgan fingerprint density at radius 1 is 1.29 bits per heavy atom. The van der Waals surface area contributed by atoms with Gasteiger partial charge in [-0.05, 0) is 37.3 Å². The lowest BCUT2D eigenvalue weighted by Crippen LogP contribution is -2.38. The maximum Gasteiger partial charge on any atom is 0.255 e. The maximum atomic E-state index is 12.6. The molecular formula is C13H14Cl2N2O3S. The van der Waals surface area contributed by atoms with Crippen LogP contribution in [-0.4, -0.2) is 31.8 Å². The van der Waals surface area contributed by atoms with Crippen LogP contribution >= 0.6 is 23.2 Å². The number of sulfonamides is 1. The number of nitrogens with two attached hydrogens (primary N) is 1. The highest BCUT2D eigenvalue weighted by molar-refractivity contribution is 7.89. The minimum Gasteiger partial charge on any atom is -0.335 e. The summed E-state index contributed by atoms with van der Waals surface area (Å²) in [5, 5.41) is 5.08. The molecule has 8 heteroatoms. The largest absolute Gasteiger partial charge is 0.335 e. The highest BCUT2D eigenvalue weighted by Gasteiger charge is 2.41. The molecule has 1 aromatic carbocycles. The van der Waals surface area contributed by atoms with Gasteiger partial charge in [0.1, 0.15) is 4.90 Å². The van der Waals surface area contributed by atoms with Crippen molar-refractivity contribution in [3.8, 4) is 0 Å². The van der Waals surface area contributed by atoms with Crippen LogP contribution in [0.2, 0.25) is 10.0 Å². The first-order valence-corrected chi connectivity index (χ1v) is 8.90. The predicted octanol–water partition coefficient (Wildman–Crippen LogP) is 2.27. The van der Waals surface area contributed by atoms with Gasteiger partial charge in [-0.25, -0.2) is 13.6 Å². The smallest absolute Gasteiger partial charge is 0.255 e. The van der Waals surface area contributed by atoms with E-state index in [2.05, 4.69) is 0 Å². The van der Waals surface area contributed by atoms with Crippen LogP contribution in [0.1, 0.15) is 29.6 Å². The maximum absolute atomic E-state index is 12.6. The highest BCUT2D eigenvalue weighted by Crippen LogP contribution is 2.39. The van der Waals surface area contributed by atoms with Gasteiger partial charge in [0.05, 0.1) is 10.6 Å². The number of fused-ring (bicyclic) bond motifs is 2. The van der Waals surface area contributed by atoms with Gasteiger partial charge in [0, 0.05) is 17.6 Å². The van der Waals surface area contributed by atoms with Gasteiger partial charge in [-0.3, -0.25) is 4.79 Å². The summed E-state index contributed by atoms with van der Waals surface area (Å²) < 4.78 is 23.1. The van der Waals surface area contributed by atoms with E-state index in [0.717, 1.165) is 25.3 Å². The molecule has 1 aliphatic carbocycles. The molecule has 2 bridgehead atoms. The normalized spacial score (nSPS) is 24.6. The predicted molar refractivity (Wildman–Crippen MR) is 80.0 cm³/mol. The van der Waals surface area contributed by atoms with Gasteiger partial charge in [0.15, 0.2) is 0 Å². The Morgan fingerprint density at radius 2 is 2.00 bits per heavy atom. The van der Waals surface area contributed by atoms with Crippen LogP contribution in [0.15, 0.2) is 17.0 Å². The SMILES string of the molecule is NS(=O)(=O)c1cc(Cl)cc(C(=O)N2CC3CCC2C3)c1Cl. The first kappa shape index (κ1) is 15.1. The summed E-state index contributed by atoms with van der Waals surface area (Å²) >= 11 is 12.0. The van der Waals surface area contributed by atoms with E-state index in [1.807, 2.05) is 0 Å². The van der Waals surface area contributed by atoms with E-state index in [4.69, 9.17) is 28.3 Å². The minimum atomic E-state index is -4.03. The topological polar surface area (TPSA) is 80.5 Å². The first-order chi connectivity index (χ1) is 9.77. The number of benzene rings is 1. The number of primary sulfonamides is 1. The molecule has 2 N–H and O–H groups in total. The zero-order chi connectivity index (χ0) is 15.4. The Morgan fingerprint density at radius 3 is 2.52 bits per heavy atom. The van der Waals surface area contributed by atoms with Crippen molar-refractivity contribution in [2.75, 3.05) is 6.54 Å². The number of nitrogens with zero attached hydrogens (tertiary/aromatic N) is 1. The molecule has 3 rings (SSSR count). The number of carbonyl (C=O) groups excluding carboxylic acids is 1. The van der Waals surface area contributed by atoms with Crippen molar-refractivity contribution >= 4 is 39.1 Å². The van der Waals surface area contributed by atoms with Gasteiger partial charge in [-0.2, -0.15) is 0 Å². The molecule has 2 unspecified atom stereocenters. The summed E-state index contributed by atoms with van der Waals surface area (Å²) in [7, 11) is -4.03. The lowest BCUT2D eigenvalue weighted by Gasteiger charge is -2.27. The molecule has 1 amide bonds. The van der Waals surface area contributed by atoms with E-state index >= 15 is 0 Å². The van der Waals surface area contributed by atoms with Gasteiger partial charge >= 0.3 is 0 Å². The van der Waals surface area contributed by atoms with Gasteiger partial charge in [-0.1, -0.05) is 23.2 Å². The Labute approximate surface area is 133 Å². The molecular weight excluding hydrogens is 335 g/mol. The molecule has 21 heavy (non-hydrogen) atoms. The van der Waals surface area contributed by atoms with Crippen molar-refractivity contribution in [3.63, 3.8) is 0 Å². The molecule has 0 radical (unpaired) electrons. The molecule has 2 fully saturated rings. The lowest BCUT2D eigenvalue weighted by atomic mass is 10.1. The quantitative estimate of drug-likeness (QED) is 0.889. The number of carbonyl (C=O) groups is 1. The Hall–Kier alpha value is -0.820. The van der Waals surface area contributed by atoms with E-state index < -0.39 is 10.0 Å². The second-order valence-electron chi connectivity index (χ2n) is 5.60. The molecule has 2 atom stereocenters. The van der Waals surface area contributed by atoms with E-state index in [1.165, 1.54) is 6.07 Å². The van der Waals surface area contributed by atoms with Crippen molar-refractivity contribution in [2.45, 2.75) is 30.2 Å². The van der Waals surface area contributed by atoms with Crippen LogP contribution in [0.4, 0.5) is 0 Å². The fraction of sp³-hybridized carbons (Fsp3) is 0.462. The van der Waals surface area contributed by atoms with E-state index in [0.29, 0.717) is 12.5 Å². The second-order valence-corrected chi connectivity index (χ2v) is 7.95. The summed E-state index contributed by atoms with van der Waals surface area (Å²) in [6.45, 7) is 0.692. The lowest BCUT2D eigenvalue weighted by molar-refractivity contribution is 0.0703. The molecule has 114 valence electrons. The van der Waals surface area contributed by atoms with E-state index in [9.17, 15) is 13.2 Å². The number of hydrogen-bond acceptors (Lipinski definition) is 3. The summed E-state index contributed by atoms with van der Waals surface area (Å²) in [6, 6.07) is 2.77. The number of halogens is 2. The van der Waals surface area contributed by atoms with Crippen molar-refractivity contribution in [1.29, 1.82) is 0 Å². The average molecular weight is 349 g/mol. The van der Waals surface area contributed by atoms with Crippen LogP contribution in [0.3, 0.4) is 0 Å². The molecule has 1 saturated heterocycles. The monoisotopic (exact) mass is 348 g/mol. The third-order valence-corrected chi connectivity index (χ3v) is 5.88. The molecule has 1 heterocycles. The van der Waals surface area contributed by atoms with Gasteiger partial charge in [0.25, 0.3) is 5.91 Å². The van der Waals surface area contributed by atoms with Crippen LogP contribution in [-0.2, 0) is 10.0 Å². The van der Waals surface area contributed by atoms with E-state index in [1.54, 1.807) is 4.90 Å². The van der Waals surface area contributed by atoms with Crippen molar-refractivity contribution in [1.82, 2.24) is 4.90 Å². The Balaban J connectivity index is 2.03. The summed E-state index contributed by atoms with van der Waals surface area (Å²) in [5.41, 5.74) is 0.0979. The second kappa shape index (κ2) is 5.12. The number of amides is 1. The summed E-state index contributed by atoms with van der Waals surface area (Å²) in [5.74, 6) is 0.259. The average Bonchev–Trinajstić information content (AvgIpc) is 3.01. The fourth-order valence-corrected chi connectivity index (χ4v) is 4.70. The van der Waals surface area contributed by atoms with Gasteiger partial charge in [0.2, 0.25) is 10.0 Å².